The van der Waals surface area contributed by atoms with Crippen LogP contribution in [0.2, 0.25) is 18.1 Å². The molecular formula is C38H48N6O4Si. The highest BCUT2D eigenvalue weighted by Crippen LogP contribution is 2.44. The molecule has 49 heavy (non-hydrogen) atoms. The second kappa shape index (κ2) is 12.9. The number of H-pyrrole nitrogens is 1. The standard InChI is InChI=1S/C38H48N6O4Si/c1-37(2,3)47-36(46)44(33-19-24(23-39)17-18-40-33)34-22-27(25-9-10-25)20-31(41-34)26-11-16-30-32(21-26)43(35(45)42-30)28-12-14-29(15-13-28)48-49(7,8)38(4,5)6/h11,16-22,25,28-29H,9-10,12-15H2,1-8H3,(H,42,45). The van der Waals surface area contributed by atoms with Gasteiger partial charge in [-0.1, -0.05) is 26.8 Å². The lowest BCUT2D eigenvalue weighted by Crippen LogP contribution is -2.45. The van der Waals surface area contributed by atoms with Crippen molar-refractivity contribution in [1.29, 1.82) is 5.26 Å². The van der Waals surface area contributed by atoms with Crippen LogP contribution in [0.1, 0.15) is 103 Å². The molecule has 4 aromatic rings. The van der Waals surface area contributed by atoms with E-state index in [-0.39, 0.29) is 28.7 Å². The molecule has 2 aliphatic carbocycles. The average molecular weight is 681 g/mol. The fraction of sp³-hybridized carbons (Fsp3) is 0.500. The topological polar surface area (TPSA) is 126 Å². The minimum absolute atomic E-state index is 0.0678. The van der Waals surface area contributed by atoms with Crippen LogP contribution in [-0.2, 0) is 9.16 Å². The highest BCUT2D eigenvalue weighted by atomic mass is 28.4. The molecule has 0 radical (unpaired) electrons. The van der Waals surface area contributed by atoms with Crippen LogP contribution in [0.25, 0.3) is 22.3 Å². The largest absolute Gasteiger partial charge is 0.443 e. The van der Waals surface area contributed by atoms with Gasteiger partial charge in [0, 0.05) is 23.9 Å². The summed E-state index contributed by atoms with van der Waals surface area (Å²) in [5, 5.41) is 9.74. The van der Waals surface area contributed by atoms with E-state index >= 15 is 0 Å². The molecule has 1 amide bonds. The van der Waals surface area contributed by atoms with E-state index in [2.05, 4.69) is 56.0 Å². The molecule has 10 nitrogen and oxygen atoms in total. The van der Waals surface area contributed by atoms with E-state index in [1.807, 2.05) is 28.8 Å². The summed E-state index contributed by atoms with van der Waals surface area (Å²) in [5.41, 5.74) is 3.69. The minimum Gasteiger partial charge on any atom is -0.443 e. The number of nitrogens with one attached hydrogen (secondary N) is 1. The summed E-state index contributed by atoms with van der Waals surface area (Å²) in [6, 6.07) is 15.3. The van der Waals surface area contributed by atoms with Gasteiger partial charge in [0.05, 0.1) is 28.4 Å². The van der Waals surface area contributed by atoms with E-state index in [4.69, 9.17) is 14.1 Å². The molecule has 0 atom stereocenters. The summed E-state index contributed by atoms with van der Waals surface area (Å²) in [6.07, 6.45) is 6.78. The number of amides is 1. The molecule has 2 fully saturated rings. The van der Waals surface area contributed by atoms with E-state index in [9.17, 15) is 14.9 Å². The van der Waals surface area contributed by atoms with Crippen molar-refractivity contribution in [3.05, 3.63) is 70.3 Å². The summed E-state index contributed by atoms with van der Waals surface area (Å²) in [7, 11) is -1.88. The number of ether oxygens (including phenoxy) is 1. The maximum atomic E-state index is 13.7. The molecule has 0 bridgehead atoms. The molecule has 3 aromatic heterocycles. The second-order valence-electron chi connectivity index (χ2n) is 16.1. The van der Waals surface area contributed by atoms with Gasteiger partial charge in [-0.15, -0.1) is 0 Å². The zero-order chi connectivity index (χ0) is 35.3. The van der Waals surface area contributed by atoms with Crippen LogP contribution in [0.3, 0.4) is 0 Å². The molecule has 258 valence electrons. The van der Waals surface area contributed by atoms with Crippen molar-refractivity contribution in [2.45, 2.75) is 122 Å². The van der Waals surface area contributed by atoms with Crippen LogP contribution >= 0.6 is 0 Å². The quantitative estimate of drug-likeness (QED) is 0.193. The Labute approximate surface area is 289 Å². The van der Waals surface area contributed by atoms with Crippen LogP contribution in [0.4, 0.5) is 16.4 Å². The lowest BCUT2D eigenvalue weighted by atomic mass is 9.93. The van der Waals surface area contributed by atoms with Gasteiger partial charge in [0.1, 0.15) is 17.2 Å². The number of carbonyl (C=O) groups excluding carboxylic acids is 1. The predicted octanol–water partition coefficient (Wildman–Crippen LogP) is 9.11. The Hall–Kier alpha value is -4.27. The summed E-state index contributed by atoms with van der Waals surface area (Å²) < 4.78 is 14.5. The third-order valence-electron chi connectivity index (χ3n) is 10.1. The first-order valence-corrected chi connectivity index (χ1v) is 20.3. The Morgan fingerprint density at radius 2 is 1.69 bits per heavy atom. The minimum atomic E-state index is -1.88. The molecule has 0 aliphatic heterocycles. The first kappa shape index (κ1) is 34.6. The molecular weight excluding hydrogens is 633 g/mol. The normalized spacial score (nSPS) is 18.7. The second-order valence-corrected chi connectivity index (χ2v) is 20.8. The molecule has 3 heterocycles. The summed E-state index contributed by atoms with van der Waals surface area (Å²) >= 11 is 0. The highest BCUT2D eigenvalue weighted by molar-refractivity contribution is 6.74. The SMILES string of the molecule is CC(C)(C)OC(=O)N(c1cc(C#N)ccn1)c1cc(C2CC2)cc(-c2ccc3[nH]c(=O)n(C4CCC(O[Si](C)(C)C(C)(C)C)CC4)c3c2)n1. The summed E-state index contributed by atoms with van der Waals surface area (Å²) in [5.74, 6) is 0.975. The number of benzene rings is 1. The molecule has 11 heteroatoms. The highest BCUT2D eigenvalue weighted by Gasteiger charge is 2.40. The van der Waals surface area contributed by atoms with Crippen LogP contribution < -0.4 is 10.6 Å². The number of imidazole rings is 1. The number of hydrogen-bond acceptors (Lipinski definition) is 7. The van der Waals surface area contributed by atoms with Crippen molar-refractivity contribution in [3.8, 4) is 17.3 Å². The number of fused-ring (bicyclic) bond motifs is 1. The number of nitriles is 1. The predicted molar refractivity (Wildman–Crippen MR) is 195 cm³/mol. The smallest absolute Gasteiger partial charge is 0.421 e. The third kappa shape index (κ3) is 7.50. The zero-order valence-electron chi connectivity index (χ0n) is 30.0. The average Bonchev–Trinajstić information content (AvgIpc) is 3.82. The van der Waals surface area contributed by atoms with E-state index < -0.39 is 20.0 Å². The van der Waals surface area contributed by atoms with Gasteiger partial charge in [-0.3, -0.25) is 4.57 Å². The van der Waals surface area contributed by atoms with Crippen molar-refractivity contribution in [2.75, 3.05) is 4.90 Å². The monoisotopic (exact) mass is 680 g/mol. The number of aromatic amines is 1. The van der Waals surface area contributed by atoms with Crippen LogP contribution in [0, 0.1) is 11.3 Å². The Kier molecular flexibility index (Phi) is 9.09. The number of anilines is 2. The first-order valence-electron chi connectivity index (χ1n) is 17.4. The molecule has 0 spiro atoms. The number of hydrogen-bond donors (Lipinski definition) is 1. The molecule has 6 rings (SSSR count). The van der Waals surface area contributed by atoms with E-state index in [0.717, 1.165) is 60.7 Å². The fourth-order valence-corrected chi connectivity index (χ4v) is 7.75. The Morgan fingerprint density at radius 3 is 2.33 bits per heavy atom. The molecule has 0 unspecified atom stereocenters. The molecule has 2 saturated carbocycles. The molecule has 1 aromatic carbocycles. The Balaban J connectivity index is 1.37. The number of carbonyl (C=O) groups is 1. The summed E-state index contributed by atoms with van der Waals surface area (Å²) in [4.78, 5) is 41.0. The zero-order valence-corrected chi connectivity index (χ0v) is 31.0. The molecule has 0 saturated heterocycles. The van der Waals surface area contributed by atoms with Crippen LogP contribution in [-0.4, -0.2) is 45.6 Å². The van der Waals surface area contributed by atoms with Gasteiger partial charge in [-0.05, 0) is 125 Å². The van der Waals surface area contributed by atoms with E-state index in [0.29, 0.717) is 23.0 Å². The van der Waals surface area contributed by atoms with Gasteiger partial charge in [-0.2, -0.15) is 5.26 Å². The van der Waals surface area contributed by atoms with E-state index in [1.54, 1.807) is 32.9 Å². The number of nitrogens with zero attached hydrogens (tertiary/aromatic N) is 5. The van der Waals surface area contributed by atoms with Crippen molar-refractivity contribution < 1.29 is 14.0 Å². The van der Waals surface area contributed by atoms with Gasteiger partial charge >= 0.3 is 11.8 Å². The van der Waals surface area contributed by atoms with Crippen LogP contribution in [0.15, 0.2) is 53.5 Å². The lowest BCUT2D eigenvalue weighted by Gasteiger charge is -2.41. The van der Waals surface area contributed by atoms with Gasteiger partial charge in [0.2, 0.25) is 0 Å². The number of aromatic nitrogens is 4. The Bertz CT molecular complexity index is 1970. The third-order valence-corrected chi connectivity index (χ3v) is 14.6. The van der Waals surface area contributed by atoms with Crippen LogP contribution in [0.5, 0.6) is 0 Å². The van der Waals surface area contributed by atoms with Crippen molar-refractivity contribution in [2.24, 2.45) is 0 Å². The molecule has 2 aliphatic rings. The van der Waals surface area contributed by atoms with E-state index in [1.165, 1.54) is 11.1 Å². The van der Waals surface area contributed by atoms with Gasteiger partial charge < -0.3 is 14.1 Å². The lowest BCUT2D eigenvalue weighted by molar-refractivity contribution is 0.0597. The number of rotatable bonds is 7. The Morgan fingerprint density at radius 1 is 0.980 bits per heavy atom. The van der Waals surface area contributed by atoms with Crippen molar-refractivity contribution >= 4 is 37.1 Å². The molecule has 1 N–H and O–H groups in total. The van der Waals surface area contributed by atoms with Gasteiger partial charge in [0.25, 0.3) is 0 Å². The maximum absolute atomic E-state index is 13.7. The maximum Gasteiger partial charge on any atom is 0.421 e. The van der Waals surface area contributed by atoms with Crippen molar-refractivity contribution in [3.63, 3.8) is 0 Å². The number of pyridine rings is 2. The van der Waals surface area contributed by atoms with Crippen molar-refractivity contribution in [1.82, 2.24) is 19.5 Å². The summed E-state index contributed by atoms with van der Waals surface area (Å²) in [6.45, 7) is 16.8. The van der Waals surface area contributed by atoms with Gasteiger partial charge in [-0.25, -0.2) is 24.5 Å². The first-order chi connectivity index (χ1) is 23.0. The van der Waals surface area contributed by atoms with Gasteiger partial charge in [0.15, 0.2) is 8.32 Å². The fourth-order valence-electron chi connectivity index (χ4n) is 6.33.